The lowest BCUT2D eigenvalue weighted by molar-refractivity contribution is -0.121. The number of halogens is 3. The molecule has 188 valence electrons. The molecule has 5 rings (SSSR count). The maximum absolute atomic E-state index is 14.0. The zero-order valence-corrected chi connectivity index (χ0v) is 20.1. The van der Waals surface area contributed by atoms with Gasteiger partial charge in [-0.25, -0.2) is 13.2 Å². The minimum atomic E-state index is -0.736. The number of hydrogen-bond donors (Lipinski definition) is 2. The van der Waals surface area contributed by atoms with E-state index >= 15 is 0 Å². The predicted molar refractivity (Wildman–Crippen MR) is 132 cm³/mol. The van der Waals surface area contributed by atoms with E-state index in [1.165, 1.54) is 24.3 Å². The zero-order valence-electron chi connectivity index (χ0n) is 20.1. The molecule has 0 aliphatic heterocycles. The van der Waals surface area contributed by atoms with E-state index in [1.54, 1.807) is 38.4 Å². The predicted octanol–water partition coefficient (Wildman–Crippen LogP) is 5.89. The number of rotatable bonds is 7. The molecule has 9 heteroatoms. The van der Waals surface area contributed by atoms with Crippen LogP contribution in [0.15, 0.2) is 65.4 Å². The van der Waals surface area contributed by atoms with E-state index in [-0.39, 0.29) is 18.7 Å². The highest BCUT2D eigenvalue weighted by Gasteiger charge is 2.24. The number of aromatic amines is 1. The number of fused-ring (bicyclic) bond motifs is 1. The van der Waals surface area contributed by atoms with E-state index < -0.39 is 23.5 Å². The summed E-state index contributed by atoms with van der Waals surface area (Å²) in [6, 6.07) is 10.4. The molecule has 5 aromatic rings. The molecule has 2 aromatic carbocycles. The summed E-state index contributed by atoms with van der Waals surface area (Å²) in [7, 11) is 0. The lowest BCUT2D eigenvalue weighted by Crippen LogP contribution is -2.32. The van der Waals surface area contributed by atoms with Gasteiger partial charge in [-0.05, 0) is 67.8 Å². The van der Waals surface area contributed by atoms with Crippen LogP contribution in [0.2, 0.25) is 0 Å². The number of pyridine rings is 1. The van der Waals surface area contributed by atoms with Crippen molar-refractivity contribution < 1.29 is 22.5 Å². The summed E-state index contributed by atoms with van der Waals surface area (Å²) in [5, 5.41) is 7.60. The Hall–Kier alpha value is -4.40. The van der Waals surface area contributed by atoms with E-state index in [9.17, 15) is 18.0 Å². The maximum atomic E-state index is 14.0. The minimum absolute atomic E-state index is 0.0368. The van der Waals surface area contributed by atoms with Crippen molar-refractivity contribution in [2.75, 3.05) is 0 Å². The summed E-state index contributed by atoms with van der Waals surface area (Å²) in [6.45, 7) is 3.58. The summed E-state index contributed by atoms with van der Waals surface area (Å²) in [6.07, 6.45) is 3.29. The van der Waals surface area contributed by atoms with Crippen molar-refractivity contribution in [3.63, 3.8) is 0 Å². The molecule has 37 heavy (non-hydrogen) atoms. The fourth-order valence-electron chi connectivity index (χ4n) is 4.67. The number of aryl methyl sites for hydroxylation is 2. The van der Waals surface area contributed by atoms with Crippen LogP contribution in [0.1, 0.15) is 34.3 Å². The number of nitrogens with one attached hydrogen (secondary N) is 2. The SMILES string of the molecule is Cc1noc(C)c1-c1cccnc1[C@H](Cc1cc(F)cc(F)c1)NC(=O)Cc1c[nH]c2ccc(F)cc12. The summed E-state index contributed by atoms with van der Waals surface area (Å²) < 4.78 is 47.1. The van der Waals surface area contributed by atoms with Crippen LogP contribution in [0, 0.1) is 31.3 Å². The maximum Gasteiger partial charge on any atom is 0.225 e. The highest BCUT2D eigenvalue weighted by Crippen LogP contribution is 2.33. The average molecular weight is 505 g/mol. The monoisotopic (exact) mass is 504 g/mol. The van der Waals surface area contributed by atoms with E-state index in [1.807, 2.05) is 6.07 Å². The Labute approximate surface area is 210 Å². The normalized spacial score (nSPS) is 12.1. The summed E-state index contributed by atoms with van der Waals surface area (Å²) in [5.74, 6) is -1.62. The first-order chi connectivity index (χ1) is 17.8. The highest BCUT2D eigenvalue weighted by molar-refractivity contribution is 5.89. The van der Waals surface area contributed by atoms with Crippen LogP contribution in [0.25, 0.3) is 22.0 Å². The fraction of sp³-hybridized carbons (Fsp3) is 0.179. The van der Waals surface area contributed by atoms with Crippen molar-refractivity contribution in [1.82, 2.24) is 20.4 Å². The first kappa shape index (κ1) is 24.3. The molecule has 3 aromatic heterocycles. The fourth-order valence-corrected chi connectivity index (χ4v) is 4.67. The molecule has 1 amide bonds. The molecule has 0 spiro atoms. The number of carbonyl (C=O) groups excluding carboxylic acids is 1. The van der Waals surface area contributed by atoms with Gasteiger partial charge in [0.1, 0.15) is 23.2 Å². The number of amides is 1. The van der Waals surface area contributed by atoms with Crippen LogP contribution in [0.4, 0.5) is 13.2 Å². The van der Waals surface area contributed by atoms with Crippen LogP contribution in [-0.2, 0) is 17.6 Å². The molecule has 0 unspecified atom stereocenters. The van der Waals surface area contributed by atoms with Crippen molar-refractivity contribution in [3.05, 3.63) is 107 Å². The first-order valence-electron chi connectivity index (χ1n) is 11.7. The molecule has 3 heterocycles. The first-order valence-corrected chi connectivity index (χ1v) is 11.7. The lowest BCUT2D eigenvalue weighted by atomic mass is 9.94. The van der Waals surface area contributed by atoms with E-state index in [2.05, 4.69) is 20.4 Å². The minimum Gasteiger partial charge on any atom is -0.361 e. The topological polar surface area (TPSA) is 83.8 Å². The van der Waals surface area contributed by atoms with Crippen LogP contribution in [0.3, 0.4) is 0 Å². The molecule has 0 bridgehead atoms. The average Bonchev–Trinajstić information content (AvgIpc) is 3.39. The van der Waals surface area contributed by atoms with Gasteiger partial charge in [0, 0.05) is 40.5 Å². The lowest BCUT2D eigenvalue weighted by Gasteiger charge is -2.21. The highest BCUT2D eigenvalue weighted by atomic mass is 19.1. The quantitative estimate of drug-likeness (QED) is 0.289. The van der Waals surface area contributed by atoms with Gasteiger partial charge in [0.25, 0.3) is 0 Å². The standard InChI is InChI=1S/C28H23F3N4O2/c1-15-27(16(2)37-35-15)22-4-3-7-32-28(22)25(10-17-8-20(30)12-21(31)9-17)34-26(36)11-18-14-33-24-6-5-19(29)13-23(18)24/h3-9,12-14,25,33H,10-11H2,1-2H3,(H,34,36)/t25-/m0/s1. The Morgan fingerprint density at radius 3 is 2.57 bits per heavy atom. The molecule has 0 fully saturated rings. The second-order valence-corrected chi connectivity index (χ2v) is 8.92. The van der Waals surface area contributed by atoms with Crippen LogP contribution >= 0.6 is 0 Å². The molecule has 1 atom stereocenters. The van der Waals surface area contributed by atoms with Gasteiger partial charge in [-0.1, -0.05) is 11.2 Å². The van der Waals surface area contributed by atoms with Crippen molar-refractivity contribution in [1.29, 1.82) is 0 Å². The van der Waals surface area contributed by atoms with Gasteiger partial charge in [0.2, 0.25) is 5.91 Å². The molecule has 0 aliphatic rings. The van der Waals surface area contributed by atoms with Gasteiger partial charge in [0.15, 0.2) is 0 Å². The Kier molecular flexibility index (Phi) is 6.52. The molecule has 0 saturated carbocycles. The Morgan fingerprint density at radius 1 is 1.05 bits per heavy atom. The number of aromatic nitrogens is 3. The third-order valence-electron chi connectivity index (χ3n) is 6.25. The Morgan fingerprint density at radius 2 is 1.84 bits per heavy atom. The van der Waals surface area contributed by atoms with Crippen molar-refractivity contribution >= 4 is 16.8 Å². The van der Waals surface area contributed by atoms with Gasteiger partial charge in [-0.15, -0.1) is 0 Å². The van der Waals surface area contributed by atoms with E-state index in [0.29, 0.717) is 44.7 Å². The number of H-pyrrole nitrogens is 1. The molecule has 2 N–H and O–H groups in total. The van der Waals surface area contributed by atoms with E-state index in [4.69, 9.17) is 4.52 Å². The van der Waals surface area contributed by atoms with Crippen molar-refractivity contribution in [3.8, 4) is 11.1 Å². The number of carbonyl (C=O) groups is 1. The van der Waals surface area contributed by atoms with Gasteiger partial charge < -0.3 is 14.8 Å². The summed E-state index contributed by atoms with van der Waals surface area (Å²) in [4.78, 5) is 20.8. The molecule has 0 saturated heterocycles. The molecule has 0 radical (unpaired) electrons. The zero-order chi connectivity index (χ0) is 26.1. The third-order valence-corrected chi connectivity index (χ3v) is 6.25. The Balaban J connectivity index is 1.51. The molecule has 0 aliphatic carbocycles. The largest absolute Gasteiger partial charge is 0.361 e. The molecular weight excluding hydrogens is 481 g/mol. The number of benzene rings is 2. The third kappa shape index (κ3) is 5.11. The van der Waals surface area contributed by atoms with Gasteiger partial charge in [-0.2, -0.15) is 0 Å². The van der Waals surface area contributed by atoms with Crippen molar-refractivity contribution in [2.45, 2.75) is 32.7 Å². The van der Waals surface area contributed by atoms with Crippen LogP contribution in [0.5, 0.6) is 0 Å². The van der Waals surface area contributed by atoms with E-state index in [0.717, 1.165) is 11.6 Å². The number of hydrogen-bond acceptors (Lipinski definition) is 4. The van der Waals surface area contributed by atoms with Crippen molar-refractivity contribution in [2.24, 2.45) is 0 Å². The molecule has 6 nitrogen and oxygen atoms in total. The van der Waals surface area contributed by atoms with Crippen LogP contribution < -0.4 is 5.32 Å². The second kappa shape index (κ2) is 9.93. The molecular formula is C28H23F3N4O2. The van der Waals surface area contributed by atoms with Gasteiger partial charge in [-0.3, -0.25) is 9.78 Å². The smallest absolute Gasteiger partial charge is 0.225 e. The number of nitrogens with zero attached hydrogens (tertiary/aromatic N) is 2. The van der Waals surface area contributed by atoms with Gasteiger partial charge >= 0.3 is 0 Å². The second-order valence-electron chi connectivity index (χ2n) is 8.92. The van der Waals surface area contributed by atoms with Gasteiger partial charge in [0.05, 0.1) is 23.9 Å². The van der Waals surface area contributed by atoms with Crippen LogP contribution in [-0.4, -0.2) is 21.0 Å². The summed E-state index contributed by atoms with van der Waals surface area (Å²) >= 11 is 0. The summed E-state index contributed by atoms with van der Waals surface area (Å²) in [5.41, 5.74) is 4.26. The Bertz CT molecular complexity index is 1570.